The maximum absolute atomic E-state index is 12.3. The minimum absolute atomic E-state index is 0.00318. The number of pyridine rings is 1. The molecule has 0 spiro atoms. The molecule has 0 aliphatic carbocycles. The molecule has 1 amide bonds. The number of carbonyl (C=O) groups is 1. The number of carbonyl (C=O) groups excluding carboxylic acids is 1. The molecule has 2 heterocycles. The van der Waals surface area contributed by atoms with Crippen LogP contribution in [0.3, 0.4) is 0 Å². The first kappa shape index (κ1) is 17.7. The van der Waals surface area contributed by atoms with Crippen molar-refractivity contribution >= 4 is 38.9 Å². The fourth-order valence-electron chi connectivity index (χ4n) is 2.64. The number of aryl methyl sites for hydroxylation is 1. The summed E-state index contributed by atoms with van der Waals surface area (Å²) in [6.45, 7) is 1.92. The van der Waals surface area contributed by atoms with Crippen LogP contribution in [0.2, 0.25) is 5.02 Å². The molecule has 2 aromatic rings. The topological polar surface area (TPSA) is 88.2 Å². The SMILES string of the molecule is Cc1ccc(Nc2cc(C(=O)NC3CCS(=O)(=O)C3)ccn2)cc1Cl. The third-order valence-electron chi connectivity index (χ3n) is 4.03. The summed E-state index contributed by atoms with van der Waals surface area (Å²) in [7, 11) is -3.03. The maximum Gasteiger partial charge on any atom is 0.251 e. The summed E-state index contributed by atoms with van der Waals surface area (Å²) in [5.74, 6) is 0.313. The van der Waals surface area contributed by atoms with Crippen molar-refractivity contribution in [2.24, 2.45) is 0 Å². The van der Waals surface area contributed by atoms with Crippen molar-refractivity contribution < 1.29 is 13.2 Å². The smallest absolute Gasteiger partial charge is 0.251 e. The Hall–Kier alpha value is -2.12. The van der Waals surface area contributed by atoms with E-state index in [-0.39, 0.29) is 23.5 Å². The maximum atomic E-state index is 12.3. The zero-order valence-corrected chi connectivity index (χ0v) is 15.2. The summed E-state index contributed by atoms with van der Waals surface area (Å²) in [6.07, 6.45) is 1.98. The van der Waals surface area contributed by atoms with E-state index < -0.39 is 9.84 Å². The highest BCUT2D eigenvalue weighted by molar-refractivity contribution is 7.91. The number of hydrogen-bond acceptors (Lipinski definition) is 5. The summed E-state index contributed by atoms with van der Waals surface area (Å²) in [6, 6.07) is 8.42. The van der Waals surface area contributed by atoms with Crippen molar-refractivity contribution in [2.45, 2.75) is 19.4 Å². The van der Waals surface area contributed by atoms with Crippen LogP contribution in [0.15, 0.2) is 36.5 Å². The van der Waals surface area contributed by atoms with E-state index in [1.165, 1.54) is 6.20 Å². The molecule has 8 heteroatoms. The lowest BCUT2D eigenvalue weighted by molar-refractivity contribution is 0.0941. The molecule has 1 saturated heterocycles. The van der Waals surface area contributed by atoms with Gasteiger partial charge >= 0.3 is 0 Å². The molecular weight excluding hydrogens is 362 g/mol. The third kappa shape index (κ3) is 4.49. The lowest BCUT2D eigenvalue weighted by atomic mass is 10.2. The standard InChI is InChI=1S/C17H18ClN3O3S/c1-11-2-3-13(9-15(11)18)20-16-8-12(4-6-19-16)17(22)21-14-5-7-25(23,24)10-14/h2-4,6,8-9,14H,5,7,10H2,1H3,(H,19,20)(H,21,22). The molecule has 1 aromatic heterocycles. The highest BCUT2D eigenvalue weighted by Crippen LogP contribution is 2.22. The molecule has 1 aliphatic rings. The molecule has 0 saturated carbocycles. The zero-order chi connectivity index (χ0) is 18.0. The van der Waals surface area contributed by atoms with Crippen LogP contribution in [0, 0.1) is 6.92 Å². The third-order valence-corrected chi connectivity index (χ3v) is 6.21. The van der Waals surface area contributed by atoms with Gasteiger partial charge < -0.3 is 10.6 Å². The molecule has 25 heavy (non-hydrogen) atoms. The van der Waals surface area contributed by atoms with E-state index in [0.717, 1.165) is 11.3 Å². The first-order valence-corrected chi connectivity index (χ1v) is 10.0. The number of rotatable bonds is 4. The van der Waals surface area contributed by atoms with Gasteiger partial charge in [-0.25, -0.2) is 13.4 Å². The van der Waals surface area contributed by atoms with Gasteiger partial charge in [0, 0.05) is 28.5 Å². The minimum atomic E-state index is -3.03. The van der Waals surface area contributed by atoms with Crippen molar-refractivity contribution in [3.05, 3.63) is 52.7 Å². The molecule has 1 aromatic carbocycles. The predicted molar refractivity (Wildman–Crippen MR) is 98.2 cm³/mol. The fraction of sp³-hybridized carbons (Fsp3) is 0.294. The minimum Gasteiger partial charge on any atom is -0.348 e. The molecule has 0 radical (unpaired) electrons. The number of aromatic nitrogens is 1. The quantitative estimate of drug-likeness (QED) is 0.852. The van der Waals surface area contributed by atoms with Crippen LogP contribution in [0.5, 0.6) is 0 Å². The summed E-state index contributed by atoms with van der Waals surface area (Å²) in [4.78, 5) is 16.5. The number of nitrogens with zero attached hydrogens (tertiary/aromatic N) is 1. The molecule has 3 rings (SSSR count). The van der Waals surface area contributed by atoms with Gasteiger partial charge in [0.2, 0.25) is 0 Å². The molecule has 1 fully saturated rings. The van der Waals surface area contributed by atoms with Crippen molar-refractivity contribution in [1.82, 2.24) is 10.3 Å². The lowest BCUT2D eigenvalue weighted by Crippen LogP contribution is -2.35. The number of sulfone groups is 1. The molecule has 1 aliphatic heterocycles. The zero-order valence-electron chi connectivity index (χ0n) is 13.6. The highest BCUT2D eigenvalue weighted by atomic mass is 35.5. The summed E-state index contributed by atoms with van der Waals surface area (Å²) < 4.78 is 23.0. The van der Waals surface area contributed by atoms with Gasteiger partial charge in [0.25, 0.3) is 5.91 Å². The van der Waals surface area contributed by atoms with E-state index in [2.05, 4.69) is 15.6 Å². The van der Waals surface area contributed by atoms with Gasteiger partial charge in [-0.15, -0.1) is 0 Å². The van der Waals surface area contributed by atoms with Crippen molar-refractivity contribution in [3.63, 3.8) is 0 Å². The van der Waals surface area contributed by atoms with Crippen LogP contribution >= 0.6 is 11.6 Å². The van der Waals surface area contributed by atoms with E-state index in [0.29, 0.717) is 22.8 Å². The Morgan fingerprint density at radius 1 is 1.28 bits per heavy atom. The Morgan fingerprint density at radius 2 is 2.08 bits per heavy atom. The monoisotopic (exact) mass is 379 g/mol. The Kier molecular flexibility index (Phi) is 4.96. The number of benzene rings is 1. The largest absolute Gasteiger partial charge is 0.348 e. The van der Waals surface area contributed by atoms with Crippen molar-refractivity contribution in [1.29, 1.82) is 0 Å². The normalized spacial score (nSPS) is 18.7. The van der Waals surface area contributed by atoms with Gasteiger partial charge in [-0.3, -0.25) is 4.79 Å². The first-order chi connectivity index (χ1) is 11.8. The molecule has 1 unspecified atom stereocenters. The van der Waals surface area contributed by atoms with Crippen LogP contribution in [0.4, 0.5) is 11.5 Å². The first-order valence-electron chi connectivity index (χ1n) is 7.83. The summed E-state index contributed by atoms with van der Waals surface area (Å²) in [5.41, 5.74) is 2.15. The van der Waals surface area contributed by atoms with Gasteiger partial charge in [0.15, 0.2) is 9.84 Å². The average molecular weight is 380 g/mol. The predicted octanol–water partition coefficient (Wildman–Crippen LogP) is 2.70. The van der Waals surface area contributed by atoms with E-state index in [1.807, 2.05) is 19.1 Å². The second-order valence-electron chi connectivity index (χ2n) is 6.09. The Balaban J connectivity index is 1.70. The van der Waals surface area contributed by atoms with Gasteiger partial charge in [-0.1, -0.05) is 17.7 Å². The lowest BCUT2D eigenvalue weighted by Gasteiger charge is -2.12. The van der Waals surface area contributed by atoms with Gasteiger partial charge in [0.1, 0.15) is 5.82 Å². The van der Waals surface area contributed by atoms with Crippen LogP contribution < -0.4 is 10.6 Å². The van der Waals surface area contributed by atoms with E-state index in [9.17, 15) is 13.2 Å². The number of halogens is 1. The second kappa shape index (κ2) is 7.01. The van der Waals surface area contributed by atoms with E-state index in [4.69, 9.17) is 11.6 Å². The van der Waals surface area contributed by atoms with Crippen LogP contribution in [-0.4, -0.2) is 36.9 Å². The summed E-state index contributed by atoms with van der Waals surface area (Å²) in [5, 5.41) is 6.51. The molecule has 132 valence electrons. The van der Waals surface area contributed by atoms with Crippen LogP contribution in [0.1, 0.15) is 22.3 Å². The van der Waals surface area contributed by atoms with Crippen LogP contribution in [0.25, 0.3) is 0 Å². The van der Waals surface area contributed by atoms with Crippen LogP contribution in [-0.2, 0) is 9.84 Å². The molecular formula is C17H18ClN3O3S. The van der Waals surface area contributed by atoms with Gasteiger partial charge in [-0.05, 0) is 43.2 Å². The Morgan fingerprint density at radius 3 is 2.76 bits per heavy atom. The summed E-state index contributed by atoms with van der Waals surface area (Å²) >= 11 is 6.11. The van der Waals surface area contributed by atoms with Gasteiger partial charge in [-0.2, -0.15) is 0 Å². The van der Waals surface area contributed by atoms with Crippen molar-refractivity contribution in [3.8, 4) is 0 Å². The van der Waals surface area contributed by atoms with E-state index >= 15 is 0 Å². The number of anilines is 2. The molecule has 6 nitrogen and oxygen atoms in total. The Labute approximate surface area is 151 Å². The molecule has 2 N–H and O–H groups in total. The molecule has 0 bridgehead atoms. The fourth-order valence-corrected chi connectivity index (χ4v) is 4.49. The number of hydrogen-bond donors (Lipinski definition) is 2. The number of amides is 1. The van der Waals surface area contributed by atoms with E-state index in [1.54, 1.807) is 18.2 Å². The van der Waals surface area contributed by atoms with Gasteiger partial charge in [0.05, 0.1) is 11.5 Å². The Bertz CT molecular complexity index is 915. The average Bonchev–Trinajstić information content (AvgIpc) is 2.90. The van der Waals surface area contributed by atoms with Crippen molar-refractivity contribution in [2.75, 3.05) is 16.8 Å². The molecule has 1 atom stereocenters. The second-order valence-corrected chi connectivity index (χ2v) is 8.73. The number of nitrogens with one attached hydrogen (secondary N) is 2. The highest BCUT2D eigenvalue weighted by Gasteiger charge is 2.29.